The first kappa shape index (κ1) is 12.7. The predicted octanol–water partition coefficient (Wildman–Crippen LogP) is 0.923. The topological polar surface area (TPSA) is 97.1 Å². The van der Waals surface area contributed by atoms with Gasteiger partial charge >= 0.3 is 5.97 Å². The molecule has 19 heavy (non-hydrogen) atoms. The van der Waals surface area contributed by atoms with Gasteiger partial charge in [0.25, 0.3) is 0 Å². The second-order valence-electron chi connectivity index (χ2n) is 3.90. The molecular formula is C12H12N4O3. The van der Waals surface area contributed by atoms with Crippen molar-refractivity contribution in [1.82, 2.24) is 15.0 Å². The zero-order chi connectivity index (χ0) is 13.8. The van der Waals surface area contributed by atoms with Crippen LogP contribution in [0.5, 0.6) is 0 Å². The second-order valence-corrected chi connectivity index (χ2v) is 3.90. The van der Waals surface area contributed by atoms with Gasteiger partial charge in [-0.05, 0) is 19.1 Å². The molecule has 0 atom stereocenters. The molecule has 2 N–H and O–H groups in total. The molecular weight excluding hydrogens is 248 g/mol. The molecule has 1 aromatic heterocycles. The molecule has 0 aliphatic rings. The fourth-order valence-electron chi connectivity index (χ4n) is 1.57. The van der Waals surface area contributed by atoms with Crippen LogP contribution < -0.4 is 5.32 Å². The summed E-state index contributed by atoms with van der Waals surface area (Å²) < 4.78 is 1.25. The first-order valence-corrected chi connectivity index (χ1v) is 5.56. The van der Waals surface area contributed by atoms with Crippen LogP contribution in [-0.4, -0.2) is 32.0 Å². The highest BCUT2D eigenvalue weighted by Crippen LogP contribution is 2.07. The summed E-state index contributed by atoms with van der Waals surface area (Å²) in [6.07, 6.45) is 0. The number of carbonyl (C=O) groups excluding carboxylic acids is 1. The lowest BCUT2D eigenvalue weighted by atomic mass is 10.3. The maximum Gasteiger partial charge on any atom is 0.358 e. The van der Waals surface area contributed by atoms with Crippen molar-refractivity contribution in [2.75, 3.05) is 5.32 Å². The number of anilines is 1. The fraction of sp³-hybridized carbons (Fsp3) is 0.167. The number of benzene rings is 1. The molecule has 0 spiro atoms. The van der Waals surface area contributed by atoms with Gasteiger partial charge in [0.1, 0.15) is 6.54 Å². The van der Waals surface area contributed by atoms with Crippen molar-refractivity contribution < 1.29 is 14.7 Å². The van der Waals surface area contributed by atoms with E-state index in [0.29, 0.717) is 11.4 Å². The lowest BCUT2D eigenvalue weighted by Crippen LogP contribution is -2.20. The third-order valence-electron chi connectivity index (χ3n) is 2.54. The molecule has 0 bridgehead atoms. The molecule has 0 saturated carbocycles. The number of para-hydroxylation sites is 1. The van der Waals surface area contributed by atoms with E-state index < -0.39 is 5.97 Å². The number of carbonyl (C=O) groups is 2. The fourth-order valence-corrected chi connectivity index (χ4v) is 1.57. The van der Waals surface area contributed by atoms with E-state index in [1.807, 2.05) is 6.07 Å². The monoisotopic (exact) mass is 260 g/mol. The van der Waals surface area contributed by atoms with Crippen molar-refractivity contribution in [1.29, 1.82) is 0 Å². The molecule has 0 aliphatic carbocycles. The van der Waals surface area contributed by atoms with Gasteiger partial charge in [0.15, 0.2) is 5.69 Å². The Labute approximate surface area is 108 Å². The van der Waals surface area contributed by atoms with Crippen LogP contribution in [-0.2, 0) is 11.3 Å². The minimum atomic E-state index is -1.16. The Kier molecular flexibility index (Phi) is 3.56. The lowest BCUT2D eigenvalue weighted by molar-refractivity contribution is -0.117. The Bertz CT molecular complexity index is 607. The van der Waals surface area contributed by atoms with E-state index in [0.717, 1.165) is 0 Å². The van der Waals surface area contributed by atoms with Gasteiger partial charge in [-0.25, -0.2) is 9.48 Å². The lowest BCUT2D eigenvalue weighted by Gasteiger charge is -2.05. The van der Waals surface area contributed by atoms with E-state index >= 15 is 0 Å². The number of hydrogen-bond acceptors (Lipinski definition) is 4. The van der Waals surface area contributed by atoms with E-state index in [-0.39, 0.29) is 18.1 Å². The van der Waals surface area contributed by atoms with Gasteiger partial charge in [-0.15, -0.1) is 5.10 Å². The van der Waals surface area contributed by atoms with E-state index in [9.17, 15) is 9.59 Å². The molecule has 0 fully saturated rings. The minimum Gasteiger partial charge on any atom is -0.476 e. The summed E-state index contributed by atoms with van der Waals surface area (Å²) in [5.41, 5.74) is 0.868. The molecule has 0 aliphatic heterocycles. The van der Waals surface area contributed by atoms with Crippen molar-refractivity contribution in [3.63, 3.8) is 0 Å². The van der Waals surface area contributed by atoms with Crippen LogP contribution in [0.2, 0.25) is 0 Å². The summed E-state index contributed by atoms with van der Waals surface area (Å²) in [6, 6.07) is 8.97. The SMILES string of the molecule is Cc1c(C(=O)O)nnn1CC(=O)Nc1ccccc1. The van der Waals surface area contributed by atoms with E-state index in [4.69, 9.17) is 5.11 Å². The van der Waals surface area contributed by atoms with Crippen LogP contribution >= 0.6 is 0 Å². The molecule has 0 saturated heterocycles. The minimum absolute atomic E-state index is 0.0823. The molecule has 2 aromatic rings. The van der Waals surface area contributed by atoms with Crippen molar-refractivity contribution in [2.45, 2.75) is 13.5 Å². The highest BCUT2D eigenvalue weighted by atomic mass is 16.4. The molecule has 98 valence electrons. The van der Waals surface area contributed by atoms with Crippen molar-refractivity contribution in [2.24, 2.45) is 0 Å². The quantitative estimate of drug-likeness (QED) is 0.852. The molecule has 1 aromatic carbocycles. The van der Waals surface area contributed by atoms with E-state index in [1.54, 1.807) is 31.2 Å². The maximum atomic E-state index is 11.8. The molecule has 0 radical (unpaired) electrons. The molecule has 7 nitrogen and oxygen atoms in total. The zero-order valence-electron chi connectivity index (χ0n) is 10.2. The second kappa shape index (κ2) is 5.30. The van der Waals surface area contributed by atoms with Gasteiger partial charge < -0.3 is 10.4 Å². The van der Waals surface area contributed by atoms with Crippen LogP contribution in [0.3, 0.4) is 0 Å². The van der Waals surface area contributed by atoms with Crippen LogP contribution in [0.1, 0.15) is 16.2 Å². The number of aromatic carboxylic acids is 1. The van der Waals surface area contributed by atoms with Crippen molar-refractivity contribution in [3.05, 3.63) is 41.7 Å². The highest BCUT2D eigenvalue weighted by Gasteiger charge is 2.16. The third-order valence-corrected chi connectivity index (χ3v) is 2.54. The first-order chi connectivity index (χ1) is 9.08. The normalized spacial score (nSPS) is 10.2. The van der Waals surface area contributed by atoms with Crippen LogP contribution in [0, 0.1) is 6.92 Å². The maximum absolute atomic E-state index is 11.8. The molecule has 1 heterocycles. The molecule has 7 heteroatoms. The Morgan fingerprint density at radius 1 is 1.32 bits per heavy atom. The van der Waals surface area contributed by atoms with Gasteiger partial charge in [0, 0.05) is 5.69 Å². The van der Waals surface area contributed by atoms with Gasteiger partial charge in [-0.1, -0.05) is 23.4 Å². The molecule has 1 amide bonds. The molecule has 2 rings (SSSR count). The summed E-state index contributed by atoms with van der Waals surface area (Å²) in [6.45, 7) is 1.47. The van der Waals surface area contributed by atoms with Gasteiger partial charge in [-0.2, -0.15) is 0 Å². The first-order valence-electron chi connectivity index (χ1n) is 5.56. The Morgan fingerprint density at radius 2 is 2.00 bits per heavy atom. The Hall–Kier alpha value is -2.70. The number of amides is 1. The number of nitrogens with one attached hydrogen (secondary N) is 1. The smallest absolute Gasteiger partial charge is 0.358 e. The third kappa shape index (κ3) is 2.95. The number of aromatic nitrogens is 3. The van der Waals surface area contributed by atoms with Gasteiger partial charge in [0.05, 0.1) is 5.69 Å². The number of rotatable bonds is 4. The summed E-state index contributed by atoms with van der Waals surface area (Å²) in [4.78, 5) is 22.6. The number of nitrogens with zero attached hydrogens (tertiary/aromatic N) is 3. The van der Waals surface area contributed by atoms with Crippen molar-refractivity contribution in [3.8, 4) is 0 Å². The average molecular weight is 260 g/mol. The van der Waals surface area contributed by atoms with Crippen LogP contribution in [0.15, 0.2) is 30.3 Å². The predicted molar refractivity (Wildman–Crippen MR) is 66.8 cm³/mol. The van der Waals surface area contributed by atoms with Crippen LogP contribution in [0.25, 0.3) is 0 Å². The molecule has 0 unspecified atom stereocenters. The van der Waals surface area contributed by atoms with E-state index in [2.05, 4.69) is 15.6 Å². The Morgan fingerprint density at radius 3 is 2.58 bits per heavy atom. The number of carboxylic acid groups (broad SMARTS) is 1. The summed E-state index contributed by atoms with van der Waals surface area (Å²) >= 11 is 0. The standard InChI is InChI=1S/C12H12N4O3/c1-8-11(12(18)19)14-15-16(8)7-10(17)13-9-5-3-2-4-6-9/h2-6H,7H2,1H3,(H,13,17)(H,18,19). The summed E-state index contributed by atoms with van der Waals surface area (Å²) in [5.74, 6) is -1.46. The number of hydrogen-bond donors (Lipinski definition) is 2. The largest absolute Gasteiger partial charge is 0.476 e. The average Bonchev–Trinajstić information content (AvgIpc) is 2.72. The van der Waals surface area contributed by atoms with E-state index in [1.165, 1.54) is 4.68 Å². The summed E-state index contributed by atoms with van der Waals surface area (Å²) in [7, 11) is 0. The summed E-state index contributed by atoms with van der Waals surface area (Å²) in [5, 5.41) is 18.7. The number of carboxylic acids is 1. The zero-order valence-corrected chi connectivity index (χ0v) is 10.2. The van der Waals surface area contributed by atoms with Gasteiger partial charge in [0.2, 0.25) is 5.91 Å². The van der Waals surface area contributed by atoms with Gasteiger partial charge in [-0.3, -0.25) is 4.79 Å². The van der Waals surface area contributed by atoms with Crippen LogP contribution in [0.4, 0.5) is 5.69 Å². The Balaban J connectivity index is 2.05. The van der Waals surface area contributed by atoms with Crippen molar-refractivity contribution >= 4 is 17.6 Å². The highest BCUT2D eigenvalue weighted by molar-refractivity contribution is 5.91.